The molecular weight excluding hydrogens is 544 g/mol. The van der Waals surface area contributed by atoms with E-state index in [0.29, 0.717) is 18.1 Å². The molecule has 8 heteroatoms. The molecule has 6 nitrogen and oxygen atoms in total. The van der Waals surface area contributed by atoms with Gasteiger partial charge in [-0.15, -0.1) is 0 Å². The molecule has 2 aromatic carbocycles. The molecule has 7 atom stereocenters. The van der Waals surface area contributed by atoms with Crippen molar-refractivity contribution >= 4 is 34.2 Å². The van der Waals surface area contributed by atoms with Crippen molar-refractivity contribution in [3.63, 3.8) is 0 Å². The molecule has 0 radical (unpaired) electrons. The van der Waals surface area contributed by atoms with Crippen LogP contribution in [0.4, 0.5) is 5.69 Å². The van der Waals surface area contributed by atoms with Gasteiger partial charge in [0.25, 0.3) is 5.91 Å². The Morgan fingerprint density at radius 3 is 2.67 bits per heavy atom. The number of ether oxygens (including phenoxy) is 1. The van der Waals surface area contributed by atoms with Crippen LogP contribution in [0.5, 0.6) is 5.75 Å². The second kappa shape index (κ2) is 12.8. The lowest BCUT2D eigenvalue weighted by atomic mass is 9.69. The zero-order valence-electron chi connectivity index (χ0n) is 23.9. The van der Waals surface area contributed by atoms with Crippen molar-refractivity contribution in [3.8, 4) is 5.75 Å². The summed E-state index contributed by atoms with van der Waals surface area (Å²) in [6.07, 6.45) is 6.32. The van der Waals surface area contributed by atoms with Gasteiger partial charge in [-0.2, -0.15) is 0 Å². The fourth-order valence-electron chi connectivity index (χ4n) is 6.62. The fraction of sp³-hybridized carbons (Fsp3) is 0.594. The number of aryl methyl sites for hydroxylation is 1. The average Bonchev–Trinajstić information content (AvgIpc) is 3.09. The van der Waals surface area contributed by atoms with Gasteiger partial charge in [0.15, 0.2) is 0 Å². The highest BCUT2D eigenvalue weighted by molar-refractivity contribution is 7.84. The number of aliphatic hydroxyl groups is 1. The third-order valence-corrected chi connectivity index (χ3v) is 11.2. The number of fused-ring (bicyclic) bond motifs is 2. The van der Waals surface area contributed by atoms with Crippen LogP contribution in [-0.2, 0) is 17.4 Å². The number of hydrogen-bond donors (Lipinski definition) is 2. The van der Waals surface area contributed by atoms with E-state index in [9.17, 15) is 14.1 Å². The Bertz CT molecular complexity index is 1240. The number of rotatable bonds is 3. The number of hydrogen-bond acceptors (Lipinski definition) is 5. The maximum atomic E-state index is 13.2. The Kier molecular flexibility index (Phi) is 9.43. The van der Waals surface area contributed by atoms with E-state index in [1.807, 2.05) is 25.1 Å². The van der Waals surface area contributed by atoms with Crippen molar-refractivity contribution in [2.45, 2.75) is 83.0 Å². The van der Waals surface area contributed by atoms with Crippen LogP contribution < -0.4 is 14.4 Å². The number of carbonyl (C=O) groups excluding carboxylic acids is 1. The maximum absolute atomic E-state index is 13.2. The Balaban J connectivity index is 1.51. The van der Waals surface area contributed by atoms with E-state index in [1.54, 1.807) is 6.07 Å². The Morgan fingerprint density at radius 1 is 1.10 bits per heavy atom. The molecule has 0 spiro atoms. The van der Waals surface area contributed by atoms with Crippen molar-refractivity contribution in [2.75, 3.05) is 24.6 Å². The Labute approximate surface area is 246 Å². The molecule has 2 bridgehead atoms. The number of amides is 1. The summed E-state index contributed by atoms with van der Waals surface area (Å²) in [7, 11) is -1.50. The van der Waals surface area contributed by atoms with Crippen molar-refractivity contribution in [1.29, 1.82) is 0 Å². The van der Waals surface area contributed by atoms with Gasteiger partial charge in [-0.05, 0) is 98.2 Å². The molecular formula is C32H43ClN2O4S. The first kappa shape index (κ1) is 29.4. The minimum Gasteiger partial charge on any atom is -0.491 e. The summed E-state index contributed by atoms with van der Waals surface area (Å²) in [6.45, 7) is 8.27. The molecule has 3 aliphatic rings. The standard InChI is InChI=1S/C32H43ClN2O4S/c1-4-6-22-15-26(33)11-13-27(22)25-18-35-17-24-9-12-28(24)30(36)8-5-7-20(2)21(3)40(38)34-32(37)23-10-14-31(39-19-25)29(35)16-23/h10-11,13-16,20-21,24-25,28,30,36H,4-9,12,17-19H2,1-3H3,(H,34,37). The van der Waals surface area contributed by atoms with Crippen LogP contribution in [0, 0.1) is 17.8 Å². The minimum absolute atomic E-state index is 0.132. The van der Waals surface area contributed by atoms with E-state index < -0.39 is 11.0 Å². The summed E-state index contributed by atoms with van der Waals surface area (Å²) in [5.74, 6) is 1.40. The first-order valence-corrected chi connectivity index (χ1v) is 16.5. The molecule has 2 heterocycles. The van der Waals surface area contributed by atoms with Gasteiger partial charge in [-0.1, -0.05) is 44.4 Å². The Hall–Kier alpha value is -2.09. The van der Waals surface area contributed by atoms with Crippen molar-refractivity contribution in [1.82, 2.24) is 4.72 Å². The van der Waals surface area contributed by atoms with Gasteiger partial charge in [0.1, 0.15) is 16.7 Å². The lowest BCUT2D eigenvalue weighted by Crippen LogP contribution is -2.44. The number of benzene rings is 2. The molecule has 2 aromatic rings. The molecule has 218 valence electrons. The highest BCUT2D eigenvalue weighted by Gasteiger charge is 2.39. The van der Waals surface area contributed by atoms with Crippen LogP contribution in [0.25, 0.3) is 0 Å². The smallest absolute Gasteiger partial charge is 0.263 e. The lowest BCUT2D eigenvalue weighted by Gasteiger charge is -2.43. The second-order valence-corrected chi connectivity index (χ2v) is 14.1. The number of halogens is 1. The number of carbonyl (C=O) groups is 1. The molecule has 1 fully saturated rings. The number of nitrogens with one attached hydrogen (secondary N) is 1. The van der Waals surface area contributed by atoms with Crippen LogP contribution in [0.15, 0.2) is 36.4 Å². The number of nitrogens with zero attached hydrogens (tertiary/aromatic N) is 1. The molecule has 0 aromatic heterocycles. The quantitative estimate of drug-likeness (QED) is 0.443. The van der Waals surface area contributed by atoms with Gasteiger partial charge in [0, 0.05) is 29.6 Å². The van der Waals surface area contributed by atoms with Crippen LogP contribution in [0.1, 0.15) is 86.7 Å². The second-order valence-electron chi connectivity index (χ2n) is 12.1. The average molecular weight is 587 g/mol. The Morgan fingerprint density at radius 2 is 1.93 bits per heavy atom. The normalized spacial score (nSPS) is 31.3. The van der Waals surface area contributed by atoms with Gasteiger partial charge < -0.3 is 14.7 Å². The van der Waals surface area contributed by atoms with Crippen molar-refractivity contribution in [2.24, 2.45) is 17.8 Å². The highest BCUT2D eigenvalue weighted by atomic mass is 35.5. The van der Waals surface area contributed by atoms with Crippen LogP contribution in [0.2, 0.25) is 5.02 Å². The van der Waals surface area contributed by atoms with E-state index in [-0.39, 0.29) is 35.0 Å². The summed E-state index contributed by atoms with van der Waals surface area (Å²) >= 11 is 6.38. The van der Waals surface area contributed by atoms with Gasteiger partial charge in [-0.3, -0.25) is 9.52 Å². The molecule has 40 heavy (non-hydrogen) atoms. The van der Waals surface area contributed by atoms with Crippen molar-refractivity contribution in [3.05, 3.63) is 58.1 Å². The summed E-state index contributed by atoms with van der Waals surface area (Å²) < 4.78 is 22.2. The third kappa shape index (κ3) is 6.37. The van der Waals surface area contributed by atoms with E-state index in [4.69, 9.17) is 16.3 Å². The van der Waals surface area contributed by atoms with E-state index in [0.717, 1.165) is 74.5 Å². The third-order valence-electron chi connectivity index (χ3n) is 9.42. The predicted octanol–water partition coefficient (Wildman–Crippen LogP) is 6.26. The molecule has 2 aliphatic heterocycles. The van der Waals surface area contributed by atoms with E-state index in [2.05, 4.69) is 35.6 Å². The van der Waals surface area contributed by atoms with E-state index in [1.165, 1.54) is 11.1 Å². The first-order valence-electron chi connectivity index (χ1n) is 14.9. The van der Waals surface area contributed by atoms with Gasteiger partial charge >= 0.3 is 0 Å². The minimum atomic E-state index is -1.50. The number of anilines is 1. The van der Waals surface area contributed by atoms with Gasteiger partial charge in [-0.25, -0.2) is 4.21 Å². The summed E-state index contributed by atoms with van der Waals surface area (Å²) in [5, 5.41) is 11.7. The lowest BCUT2D eigenvalue weighted by molar-refractivity contribution is 0.00888. The maximum Gasteiger partial charge on any atom is 0.263 e. The van der Waals surface area contributed by atoms with Crippen molar-refractivity contribution < 1.29 is 18.8 Å². The molecule has 7 unspecified atom stereocenters. The molecule has 5 rings (SSSR count). The van der Waals surface area contributed by atoms with Gasteiger partial charge in [0.05, 0.1) is 23.6 Å². The molecule has 2 N–H and O–H groups in total. The zero-order chi connectivity index (χ0) is 28.4. The van der Waals surface area contributed by atoms with Gasteiger partial charge in [0.2, 0.25) is 0 Å². The molecule has 1 saturated carbocycles. The van der Waals surface area contributed by atoms with Crippen LogP contribution in [-0.4, -0.2) is 46.3 Å². The summed E-state index contributed by atoms with van der Waals surface area (Å²) in [4.78, 5) is 15.6. The van der Waals surface area contributed by atoms with Crippen LogP contribution >= 0.6 is 11.6 Å². The first-order chi connectivity index (χ1) is 19.2. The fourth-order valence-corrected chi connectivity index (χ4v) is 7.86. The molecule has 0 saturated heterocycles. The number of aliphatic hydroxyl groups excluding tert-OH is 1. The molecule has 1 aliphatic carbocycles. The molecule has 1 amide bonds. The zero-order valence-corrected chi connectivity index (χ0v) is 25.5. The summed E-state index contributed by atoms with van der Waals surface area (Å²) in [5.41, 5.74) is 3.88. The topological polar surface area (TPSA) is 78.9 Å². The SMILES string of the molecule is CCCc1cc(Cl)ccc1C1COc2ccc3cc2N(C1)CC1CCC1C(O)CCCC(C)C(C)S(=O)NC3=O. The highest BCUT2D eigenvalue weighted by Crippen LogP contribution is 2.43. The van der Waals surface area contributed by atoms with E-state index >= 15 is 0 Å². The summed E-state index contributed by atoms with van der Waals surface area (Å²) in [6, 6.07) is 11.7. The van der Waals surface area contributed by atoms with Crippen LogP contribution in [0.3, 0.4) is 0 Å². The largest absolute Gasteiger partial charge is 0.491 e. The monoisotopic (exact) mass is 586 g/mol. The predicted molar refractivity (Wildman–Crippen MR) is 163 cm³/mol.